The molecule has 4 rings (SSSR count). The topological polar surface area (TPSA) is 53.6 Å². The van der Waals surface area contributed by atoms with Gasteiger partial charge in [0.15, 0.2) is 0 Å². The first-order valence-corrected chi connectivity index (χ1v) is 11.1. The van der Waals surface area contributed by atoms with Crippen molar-refractivity contribution >= 4 is 18.0 Å². The van der Waals surface area contributed by atoms with Gasteiger partial charge in [-0.2, -0.15) is 0 Å². The smallest absolute Gasteiger partial charge is 0.226 e. The summed E-state index contributed by atoms with van der Waals surface area (Å²) in [6, 6.07) is 11.1. The van der Waals surface area contributed by atoms with Crippen LogP contribution in [0.2, 0.25) is 0 Å². The summed E-state index contributed by atoms with van der Waals surface area (Å²) in [5.74, 6) is -1.31. The van der Waals surface area contributed by atoms with E-state index < -0.39 is 11.6 Å². The maximum absolute atomic E-state index is 14.4. The third-order valence-electron chi connectivity index (χ3n) is 5.65. The second-order valence-electron chi connectivity index (χ2n) is 7.61. The van der Waals surface area contributed by atoms with Gasteiger partial charge in [-0.15, -0.1) is 0 Å². The van der Waals surface area contributed by atoms with Crippen molar-refractivity contribution in [3.63, 3.8) is 0 Å². The van der Waals surface area contributed by atoms with Crippen molar-refractivity contribution in [1.82, 2.24) is 14.3 Å². The second kappa shape index (κ2) is 9.80. The number of halogens is 2. The average molecular weight is 446 g/mol. The van der Waals surface area contributed by atoms with Gasteiger partial charge >= 0.3 is 0 Å². The van der Waals surface area contributed by atoms with E-state index in [1.54, 1.807) is 18.3 Å². The fourth-order valence-electron chi connectivity index (χ4n) is 4.08. The van der Waals surface area contributed by atoms with Gasteiger partial charge in [-0.1, -0.05) is 30.3 Å². The fraction of sp³-hybridized carbons (Fsp3) is 0.348. The van der Waals surface area contributed by atoms with Gasteiger partial charge in [0.25, 0.3) is 0 Å². The number of hydrogen-bond donors (Lipinski definition) is 2. The zero-order valence-electron chi connectivity index (χ0n) is 17.2. The van der Waals surface area contributed by atoms with E-state index >= 15 is 0 Å². The molecule has 1 saturated heterocycles. The predicted octanol–water partition coefficient (Wildman–Crippen LogP) is 3.85. The first-order chi connectivity index (χ1) is 15.1. The molecule has 1 aliphatic carbocycles. The van der Waals surface area contributed by atoms with E-state index in [4.69, 9.17) is 4.74 Å². The molecule has 1 aliphatic heterocycles. The monoisotopic (exact) mass is 445 g/mol. The van der Waals surface area contributed by atoms with Crippen molar-refractivity contribution in [2.45, 2.75) is 18.4 Å². The molecule has 1 saturated carbocycles. The molecule has 3 atom stereocenters. The summed E-state index contributed by atoms with van der Waals surface area (Å²) in [6.45, 7) is 1.52. The summed E-state index contributed by atoms with van der Waals surface area (Å²) in [6.07, 6.45) is 4.20. The lowest BCUT2D eigenvalue weighted by atomic mass is 9.95. The van der Waals surface area contributed by atoms with E-state index in [1.807, 2.05) is 30.2 Å². The largest absolute Gasteiger partial charge is 0.370 e. The van der Waals surface area contributed by atoms with E-state index in [0.29, 0.717) is 31.7 Å². The van der Waals surface area contributed by atoms with Crippen LogP contribution in [-0.4, -0.2) is 43.7 Å². The van der Waals surface area contributed by atoms with Gasteiger partial charge in [-0.25, -0.2) is 13.5 Å². The minimum absolute atomic E-state index is 0.0280. The van der Waals surface area contributed by atoms with Gasteiger partial charge in [-0.3, -0.25) is 4.79 Å². The number of benzene rings is 2. The summed E-state index contributed by atoms with van der Waals surface area (Å²) in [5.41, 5.74) is 1.32. The van der Waals surface area contributed by atoms with Crippen LogP contribution in [0.3, 0.4) is 0 Å². The number of rotatable bonds is 7. The first kappa shape index (κ1) is 21.8. The SMILES string of the molecule is CNSN/C=C/C1CN(C(=O)[C@@H]2C[C@H]2c2ccccc2-c2c(F)cccc2F)CCO1. The standard InChI is InChI=1S/C23H25F2N3O2S/c1-26-31-27-10-9-15-14-28(11-12-30-15)23(29)19-13-18(19)16-5-2-3-6-17(16)22-20(24)7-4-8-21(22)25/h2-10,15,18-19,26-27H,11-14H2,1H3/b10-9+/t15?,18-,19+/m0/s1. The lowest BCUT2D eigenvalue weighted by Crippen LogP contribution is -2.45. The van der Waals surface area contributed by atoms with Crippen LogP contribution in [0.1, 0.15) is 17.9 Å². The summed E-state index contributed by atoms with van der Waals surface area (Å²) in [5, 5.41) is 0. The number of ether oxygens (including phenoxy) is 1. The number of morpholine rings is 1. The lowest BCUT2D eigenvalue weighted by Gasteiger charge is -2.32. The normalized spacial score (nSPS) is 23.2. The van der Waals surface area contributed by atoms with Gasteiger partial charge in [-0.05, 0) is 48.7 Å². The maximum atomic E-state index is 14.4. The first-order valence-electron chi connectivity index (χ1n) is 10.3. The Morgan fingerprint density at radius 1 is 1.19 bits per heavy atom. The van der Waals surface area contributed by atoms with E-state index in [0.717, 1.165) is 5.56 Å². The van der Waals surface area contributed by atoms with Crippen molar-refractivity contribution in [1.29, 1.82) is 0 Å². The number of hydrogen-bond acceptors (Lipinski definition) is 5. The quantitative estimate of drug-likeness (QED) is 0.501. The molecule has 2 fully saturated rings. The van der Waals surface area contributed by atoms with E-state index in [1.165, 1.54) is 30.3 Å². The molecule has 0 bridgehead atoms. The molecule has 8 heteroatoms. The highest BCUT2D eigenvalue weighted by molar-refractivity contribution is 7.95. The van der Waals surface area contributed by atoms with Crippen molar-refractivity contribution in [3.05, 3.63) is 71.9 Å². The predicted molar refractivity (Wildman–Crippen MR) is 118 cm³/mol. The number of nitrogens with zero attached hydrogens (tertiary/aromatic N) is 1. The Balaban J connectivity index is 1.46. The summed E-state index contributed by atoms with van der Waals surface area (Å²) < 4.78 is 40.4. The van der Waals surface area contributed by atoms with Crippen molar-refractivity contribution in [3.8, 4) is 11.1 Å². The molecule has 0 radical (unpaired) electrons. The van der Waals surface area contributed by atoms with Gasteiger partial charge in [0.1, 0.15) is 11.6 Å². The minimum Gasteiger partial charge on any atom is -0.370 e. The van der Waals surface area contributed by atoms with Crippen LogP contribution in [0.25, 0.3) is 11.1 Å². The van der Waals surface area contributed by atoms with Gasteiger partial charge in [0.05, 0.1) is 24.8 Å². The molecule has 31 heavy (non-hydrogen) atoms. The third kappa shape index (κ3) is 4.92. The third-order valence-corrected chi connectivity index (χ3v) is 6.10. The van der Waals surface area contributed by atoms with E-state index in [-0.39, 0.29) is 29.4 Å². The molecule has 164 valence electrons. The molecule has 0 spiro atoms. The molecule has 2 aliphatic rings. The summed E-state index contributed by atoms with van der Waals surface area (Å²) in [4.78, 5) is 15.0. The Bertz CT molecular complexity index is 951. The molecule has 1 heterocycles. The molecule has 1 amide bonds. The van der Waals surface area contributed by atoms with Crippen LogP contribution < -0.4 is 9.44 Å². The number of amides is 1. The molecule has 2 aromatic rings. The van der Waals surface area contributed by atoms with Crippen molar-refractivity contribution < 1.29 is 18.3 Å². The van der Waals surface area contributed by atoms with Crippen LogP contribution >= 0.6 is 12.1 Å². The molecule has 1 unspecified atom stereocenters. The molecular weight excluding hydrogens is 420 g/mol. The van der Waals surface area contributed by atoms with Crippen LogP contribution in [-0.2, 0) is 9.53 Å². The number of nitrogens with one attached hydrogen (secondary N) is 2. The Morgan fingerprint density at radius 3 is 2.74 bits per heavy atom. The van der Waals surface area contributed by atoms with E-state index in [9.17, 15) is 13.6 Å². The summed E-state index contributed by atoms with van der Waals surface area (Å²) in [7, 11) is 1.81. The fourth-order valence-corrected chi connectivity index (χ4v) is 4.35. The number of carbonyl (C=O) groups excluding carboxylic acids is 1. The minimum atomic E-state index is -0.594. The molecule has 5 nitrogen and oxygen atoms in total. The Morgan fingerprint density at radius 2 is 1.97 bits per heavy atom. The molecule has 2 aromatic carbocycles. The molecule has 0 aromatic heterocycles. The lowest BCUT2D eigenvalue weighted by molar-refractivity contribution is -0.138. The molecular formula is C23H25F2N3O2S. The summed E-state index contributed by atoms with van der Waals surface area (Å²) >= 11 is 1.34. The zero-order valence-corrected chi connectivity index (χ0v) is 18.0. The highest BCUT2D eigenvalue weighted by Gasteiger charge is 2.47. The van der Waals surface area contributed by atoms with Crippen LogP contribution in [0.5, 0.6) is 0 Å². The average Bonchev–Trinajstić information content (AvgIpc) is 3.57. The van der Waals surface area contributed by atoms with Crippen LogP contribution in [0.4, 0.5) is 8.78 Å². The van der Waals surface area contributed by atoms with Crippen LogP contribution in [0.15, 0.2) is 54.7 Å². The second-order valence-corrected chi connectivity index (χ2v) is 8.46. The molecule has 2 N–H and O–H groups in total. The Labute approximate surface area is 185 Å². The highest BCUT2D eigenvalue weighted by Crippen LogP contribution is 2.51. The van der Waals surface area contributed by atoms with E-state index in [2.05, 4.69) is 9.44 Å². The number of carbonyl (C=O) groups is 1. The zero-order chi connectivity index (χ0) is 21.8. The van der Waals surface area contributed by atoms with Crippen molar-refractivity contribution in [2.24, 2.45) is 5.92 Å². The maximum Gasteiger partial charge on any atom is 0.226 e. The van der Waals surface area contributed by atoms with Gasteiger partial charge < -0.3 is 14.4 Å². The Hall–Kier alpha value is -2.42. The van der Waals surface area contributed by atoms with Crippen LogP contribution in [0, 0.1) is 17.6 Å². The van der Waals surface area contributed by atoms with Gasteiger partial charge in [0.2, 0.25) is 5.91 Å². The Kier molecular flexibility index (Phi) is 6.89. The van der Waals surface area contributed by atoms with Gasteiger partial charge in [0, 0.05) is 30.8 Å². The van der Waals surface area contributed by atoms with Crippen molar-refractivity contribution in [2.75, 3.05) is 26.7 Å². The highest BCUT2D eigenvalue weighted by atomic mass is 32.2.